The SMILES string of the molecule is COc1cc(Nc2ccc(Br)cn2)cc(OC)c1OC. The molecule has 1 aromatic heterocycles. The molecular weight excluding hydrogens is 324 g/mol. The van der Waals surface area contributed by atoms with Crippen molar-refractivity contribution < 1.29 is 14.2 Å². The average Bonchev–Trinajstić information content (AvgIpc) is 2.48. The van der Waals surface area contributed by atoms with E-state index >= 15 is 0 Å². The Hall–Kier alpha value is -1.95. The van der Waals surface area contributed by atoms with E-state index in [1.165, 1.54) is 0 Å². The van der Waals surface area contributed by atoms with Gasteiger partial charge in [0, 0.05) is 28.5 Å². The minimum absolute atomic E-state index is 0.560. The van der Waals surface area contributed by atoms with Crippen molar-refractivity contribution in [2.24, 2.45) is 0 Å². The summed E-state index contributed by atoms with van der Waals surface area (Å²) in [6, 6.07) is 7.43. The Balaban J connectivity index is 2.34. The molecule has 0 saturated carbocycles. The van der Waals surface area contributed by atoms with Crippen molar-refractivity contribution >= 4 is 27.4 Å². The third kappa shape index (κ3) is 3.14. The largest absolute Gasteiger partial charge is 0.493 e. The second kappa shape index (κ2) is 6.47. The molecule has 1 aromatic carbocycles. The van der Waals surface area contributed by atoms with Gasteiger partial charge in [-0.25, -0.2) is 4.98 Å². The molecule has 0 aliphatic carbocycles. The van der Waals surface area contributed by atoms with E-state index in [0.29, 0.717) is 17.2 Å². The van der Waals surface area contributed by atoms with E-state index in [1.54, 1.807) is 27.5 Å². The summed E-state index contributed by atoms with van der Waals surface area (Å²) in [6.45, 7) is 0. The molecular formula is C14H15BrN2O3. The van der Waals surface area contributed by atoms with E-state index in [-0.39, 0.29) is 0 Å². The first kappa shape index (κ1) is 14.5. The molecule has 0 atom stereocenters. The Morgan fingerprint density at radius 1 is 1.00 bits per heavy atom. The highest BCUT2D eigenvalue weighted by Gasteiger charge is 2.13. The summed E-state index contributed by atoms with van der Waals surface area (Å²) < 4.78 is 16.8. The number of nitrogens with one attached hydrogen (secondary N) is 1. The Bertz CT molecular complexity index is 562. The third-order valence-corrected chi connectivity index (χ3v) is 3.13. The van der Waals surface area contributed by atoms with Gasteiger partial charge in [-0.05, 0) is 28.1 Å². The minimum atomic E-state index is 0.560. The predicted octanol–water partition coefficient (Wildman–Crippen LogP) is 3.61. The van der Waals surface area contributed by atoms with Crippen LogP contribution in [0.25, 0.3) is 0 Å². The number of hydrogen-bond donors (Lipinski definition) is 1. The summed E-state index contributed by atoms with van der Waals surface area (Å²) in [5.74, 6) is 2.46. The number of aromatic nitrogens is 1. The average molecular weight is 339 g/mol. The monoisotopic (exact) mass is 338 g/mol. The minimum Gasteiger partial charge on any atom is -0.493 e. The lowest BCUT2D eigenvalue weighted by Crippen LogP contribution is -1.98. The van der Waals surface area contributed by atoms with Crippen LogP contribution in [0.4, 0.5) is 11.5 Å². The number of ether oxygens (including phenoxy) is 3. The highest BCUT2D eigenvalue weighted by molar-refractivity contribution is 9.10. The Labute approximate surface area is 126 Å². The molecule has 0 saturated heterocycles. The predicted molar refractivity (Wildman–Crippen MR) is 81.3 cm³/mol. The fraction of sp³-hybridized carbons (Fsp3) is 0.214. The number of anilines is 2. The molecule has 6 heteroatoms. The van der Waals surface area contributed by atoms with E-state index in [9.17, 15) is 0 Å². The van der Waals surface area contributed by atoms with Gasteiger partial charge < -0.3 is 19.5 Å². The molecule has 1 N–H and O–H groups in total. The molecule has 2 aromatic rings. The van der Waals surface area contributed by atoms with Crippen molar-refractivity contribution in [3.8, 4) is 17.2 Å². The number of nitrogens with zero attached hydrogens (tertiary/aromatic N) is 1. The number of methoxy groups -OCH3 is 3. The first-order chi connectivity index (χ1) is 9.67. The number of benzene rings is 1. The molecule has 0 radical (unpaired) electrons. The van der Waals surface area contributed by atoms with Gasteiger partial charge in [0.1, 0.15) is 5.82 Å². The topological polar surface area (TPSA) is 52.6 Å². The summed E-state index contributed by atoms with van der Waals surface area (Å²) in [5, 5.41) is 3.18. The highest BCUT2D eigenvalue weighted by atomic mass is 79.9. The zero-order valence-corrected chi connectivity index (χ0v) is 13.0. The Morgan fingerprint density at radius 3 is 2.10 bits per heavy atom. The van der Waals surface area contributed by atoms with Crippen molar-refractivity contribution in [2.75, 3.05) is 26.6 Å². The molecule has 106 valence electrons. The molecule has 0 bridgehead atoms. The molecule has 0 spiro atoms. The molecule has 0 aliphatic rings. The second-order valence-electron chi connectivity index (χ2n) is 3.90. The normalized spacial score (nSPS) is 10.0. The quantitative estimate of drug-likeness (QED) is 0.902. The molecule has 0 amide bonds. The molecule has 0 aliphatic heterocycles. The van der Waals surface area contributed by atoms with Crippen LogP contribution >= 0.6 is 15.9 Å². The lowest BCUT2D eigenvalue weighted by Gasteiger charge is -2.14. The van der Waals surface area contributed by atoms with E-state index < -0.39 is 0 Å². The van der Waals surface area contributed by atoms with Gasteiger partial charge in [0.15, 0.2) is 11.5 Å². The van der Waals surface area contributed by atoms with E-state index in [2.05, 4.69) is 26.2 Å². The van der Waals surface area contributed by atoms with E-state index in [4.69, 9.17) is 14.2 Å². The van der Waals surface area contributed by atoms with Crippen LogP contribution in [0, 0.1) is 0 Å². The van der Waals surface area contributed by atoms with Gasteiger partial charge in [-0.15, -0.1) is 0 Å². The number of hydrogen-bond acceptors (Lipinski definition) is 5. The van der Waals surface area contributed by atoms with Crippen LogP contribution in [0.5, 0.6) is 17.2 Å². The van der Waals surface area contributed by atoms with Gasteiger partial charge in [0.05, 0.1) is 21.3 Å². The van der Waals surface area contributed by atoms with Crippen LogP contribution in [0.1, 0.15) is 0 Å². The van der Waals surface area contributed by atoms with Crippen molar-refractivity contribution in [3.05, 3.63) is 34.9 Å². The summed E-state index contributed by atoms with van der Waals surface area (Å²) in [6.07, 6.45) is 1.72. The third-order valence-electron chi connectivity index (χ3n) is 2.66. The van der Waals surface area contributed by atoms with Gasteiger partial charge in [-0.3, -0.25) is 0 Å². The number of rotatable bonds is 5. The Morgan fingerprint density at radius 2 is 1.65 bits per heavy atom. The fourth-order valence-corrected chi connectivity index (χ4v) is 1.99. The van der Waals surface area contributed by atoms with Crippen LogP contribution in [0.15, 0.2) is 34.9 Å². The summed E-state index contributed by atoms with van der Waals surface area (Å²) >= 11 is 3.35. The summed E-state index contributed by atoms with van der Waals surface area (Å²) in [5.41, 5.74) is 0.800. The van der Waals surface area contributed by atoms with Crippen molar-refractivity contribution in [1.29, 1.82) is 0 Å². The van der Waals surface area contributed by atoms with Gasteiger partial charge in [-0.1, -0.05) is 0 Å². The summed E-state index contributed by atoms with van der Waals surface area (Å²) in [7, 11) is 4.74. The summed E-state index contributed by atoms with van der Waals surface area (Å²) in [4.78, 5) is 4.26. The van der Waals surface area contributed by atoms with E-state index in [0.717, 1.165) is 16.0 Å². The molecule has 2 rings (SSSR count). The van der Waals surface area contributed by atoms with Crippen molar-refractivity contribution in [3.63, 3.8) is 0 Å². The highest BCUT2D eigenvalue weighted by Crippen LogP contribution is 2.40. The molecule has 0 fully saturated rings. The molecule has 0 unspecified atom stereocenters. The van der Waals surface area contributed by atoms with Crippen LogP contribution in [-0.4, -0.2) is 26.3 Å². The first-order valence-electron chi connectivity index (χ1n) is 5.86. The Kier molecular flexibility index (Phi) is 4.68. The van der Waals surface area contributed by atoms with Crippen LogP contribution in [-0.2, 0) is 0 Å². The fourth-order valence-electron chi connectivity index (χ4n) is 1.75. The zero-order valence-electron chi connectivity index (χ0n) is 11.4. The lowest BCUT2D eigenvalue weighted by molar-refractivity contribution is 0.324. The second-order valence-corrected chi connectivity index (χ2v) is 4.82. The molecule has 5 nitrogen and oxygen atoms in total. The number of pyridine rings is 1. The van der Waals surface area contributed by atoms with Crippen molar-refractivity contribution in [2.45, 2.75) is 0 Å². The molecule has 20 heavy (non-hydrogen) atoms. The van der Waals surface area contributed by atoms with Crippen molar-refractivity contribution in [1.82, 2.24) is 4.98 Å². The zero-order chi connectivity index (χ0) is 14.5. The molecule has 1 heterocycles. The van der Waals surface area contributed by atoms with Gasteiger partial charge in [-0.2, -0.15) is 0 Å². The van der Waals surface area contributed by atoms with Gasteiger partial charge in [0.25, 0.3) is 0 Å². The maximum Gasteiger partial charge on any atom is 0.203 e. The number of halogens is 1. The van der Waals surface area contributed by atoms with E-state index in [1.807, 2.05) is 24.3 Å². The lowest BCUT2D eigenvalue weighted by atomic mass is 10.2. The maximum absolute atomic E-state index is 5.30. The maximum atomic E-state index is 5.30. The smallest absolute Gasteiger partial charge is 0.203 e. The standard InChI is InChI=1S/C14H15BrN2O3/c1-18-11-6-10(7-12(19-2)14(11)20-3)17-13-5-4-9(15)8-16-13/h4-8H,1-3H3,(H,16,17). The first-order valence-corrected chi connectivity index (χ1v) is 6.65. The van der Waals surface area contributed by atoms with Crippen LogP contribution in [0.3, 0.4) is 0 Å². The van der Waals surface area contributed by atoms with Crippen LogP contribution < -0.4 is 19.5 Å². The van der Waals surface area contributed by atoms with Crippen LogP contribution in [0.2, 0.25) is 0 Å². The van der Waals surface area contributed by atoms with Gasteiger partial charge in [0.2, 0.25) is 5.75 Å². The van der Waals surface area contributed by atoms with Gasteiger partial charge >= 0.3 is 0 Å².